The van der Waals surface area contributed by atoms with E-state index in [1.807, 2.05) is 0 Å². The molecule has 0 spiro atoms. The number of rotatable bonds is 4. The molecule has 2 N–H and O–H groups in total. The minimum absolute atomic E-state index is 0.0772. The quantitative estimate of drug-likeness (QED) is 0.866. The van der Waals surface area contributed by atoms with Crippen molar-refractivity contribution >= 4 is 27.7 Å². The minimum Gasteiger partial charge on any atom is -0.380 e. The summed E-state index contributed by atoms with van der Waals surface area (Å²) < 4.78 is 7.53. The number of carbonyl (C=O) groups is 1. The van der Waals surface area contributed by atoms with Crippen molar-refractivity contribution in [3.8, 4) is 0 Å². The number of hydrogen-bond acceptors (Lipinski definition) is 5. The lowest BCUT2D eigenvalue weighted by Gasteiger charge is -2.37. The van der Waals surface area contributed by atoms with Gasteiger partial charge in [-0.1, -0.05) is 12.1 Å². The number of amides is 1. The predicted octanol–water partition coefficient (Wildman–Crippen LogP) is 1.05. The molecule has 1 saturated heterocycles. The number of carbonyl (C=O) groups excluding carboxylic acids is 1. The Kier molecular flexibility index (Phi) is 3.30. The molecule has 0 aromatic carbocycles. The van der Waals surface area contributed by atoms with Crippen LogP contribution in [0.2, 0.25) is 0 Å². The number of aromatic amines is 1. The molecule has 1 fully saturated rings. The smallest absolute Gasteiger partial charge is 0.279 e. The Morgan fingerprint density at radius 1 is 1.65 bits per heavy atom. The molecular formula is C11H13BrN6O2. The zero-order chi connectivity index (χ0) is 14.2. The number of halogens is 1. The summed E-state index contributed by atoms with van der Waals surface area (Å²) in [5.74, 6) is 0.153. The predicted molar refractivity (Wildman–Crippen MR) is 73.2 cm³/mol. The Labute approximate surface area is 123 Å². The van der Waals surface area contributed by atoms with E-state index in [1.165, 1.54) is 0 Å². The summed E-state index contributed by atoms with van der Waals surface area (Å²) in [7, 11) is 0. The maximum Gasteiger partial charge on any atom is 0.279 e. The largest absolute Gasteiger partial charge is 0.380 e. The first-order valence-electron chi connectivity index (χ1n) is 6.04. The first-order valence-corrected chi connectivity index (χ1v) is 6.83. The molecule has 1 amide bonds. The van der Waals surface area contributed by atoms with Gasteiger partial charge in [-0.2, -0.15) is 5.10 Å². The van der Waals surface area contributed by atoms with E-state index in [2.05, 4.69) is 48.7 Å². The van der Waals surface area contributed by atoms with Crippen LogP contribution in [-0.4, -0.2) is 44.3 Å². The number of nitrogens with one attached hydrogen (secondary N) is 2. The second kappa shape index (κ2) is 4.98. The Balaban J connectivity index is 1.67. The van der Waals surface area contributed by atoms with Crippen molar-refractivity contribution in [2.45, 2.75) is 13.5 Å². The van der Waals surface area contributed by atoms with Crippen LogP contribution in [0.1, 0.15) is 17.4 Å². The maximum absolute atomic E-state index is 12.0. The van der Waals surface area contributed by atoms with Crippen LogP contribution in [0.25, 0.3) is 0 Å². The van der Waals surface area contributed by atoms with Crippen molar-refractivity contribution in [2.24, 2.45) is 5.41 Å². The van der Waals surface area contributed by atoms with E-state index in [4.69, 9.17) is 4.74 Å². The fraction of sp³-hybridized carbons (Fsp3) is 0.455. The number of nitrogens with zero attached hydrogens (tertiary/aromatic N) is 4. The van der Waals surface area contributed by atoms with Crippen LogP contribution in [0.3, 0.4) is 0 Å². The van der Waals surface area contributed by atoms with Crippen LogP contribution in [0.5, 0.6) is 0 Å². The average Bonchev–Trinajstić information content (AvgIpc) is 2.98. The first kappa shape index (κ1) is 13.3. The maximum atomic E-state index is 12.0. The zero-order valence-electron chi connectivity index (χ0n) is 10.8. The molecule has 0 unspecified atom stereocenters. The molecule has 1 aliphatic heterocycles. The highest BCUT2D eigenvalue weighted by Crippen LogP contribution is 2.28. The number of aromatic nitrogens is 5. The summed E-state index contributed by atoms with van der Waals surface area (Å²) in [6.45, 7) is 4.20. The van der Waals surface area contributed by atoms with Crippen molar-refractivity contribution in [1.29, 1.82) is 0 Å². The van der Waals surface area contributed by atoms with Crippen molar-refractivity contribution in [3.63, 3.8) is 0 Å². The third kappa shape index (κ3) is 2.59. The van der Waals surface area contributed by atoms with E-state index in [0.717, 1.165) is 0 Å². The molecule has 20 heavy (non-hydrogen) atoms. The fourth-order valence-corrected chi connectivity index (χ4v) is 2.24. The van der Waals surface area contributed by atoms with Gasteiger partial charge in [0.1, 0.15) is 5.82 Å². The van der Waals surface area contributed by atoms with Gasteiger partial charge in [-0.3, -0.25) is 14.6 Å². The topological polar surface area (TPSA) is 97.7 Å². The van der Waals surface area contributed by atoms with Gasteiger partial charge in [0.05, 0.1) is 36.6 Å². The van der Waals surface area contributed by atoms with Gasteiger partial charge in [0.2, 0.25) is 0 Å². The lowest BCUT2D eigenvalue weighted by atomic mass is 9.89. The van der Waals surface area contributed by atoms with Gasteiger partial charge in [-0.05, 0) is 15.9 Å². The van der Waals surface area contributed by atoms with Gasteiger partial charge < -0.3 is 10.1 Å². The van der Waals surface area contributed by atoms with Gasteiger partial charge >= 0.3 is 0 Å². The van der Waals surface area contributed by atoms with E-state index in [1.54, 1.807) is 17.1 Å². The summed E-state index contributed by atoms with van der Waals surface area (Å²) in [6.07, 6.45) is 3.19. The number of anilines is 1. The molecule has 2 aromatic rings. The Hall–Kier alpha value is -1.74. The minimum atomic E-state index is -0.337. The van der Waals surface area contributed by atoms with E-state index in [0.29, 0.717) is 30.0 Å². The average molecular weight is 341 g/mol. The van der Waals surface area contributed by atoms with Gasteiger partial charge in [-0.15, -0.1) is 5.10 Å². The van der Waals surface area contributed by atoms with E-state index in [9.17, 15) is 4.79 Å². The second-order valence-electron chi connectivity index (χ2n) is 5.15. The fourth-order valence-electron chi connectivity index (χ4n) is 1.95. The number of H-pyrrole nitrogens is 1. The second-order valence-corrected chi connectivity index (χ2v) is 6.01. The normalized spacial score (nSPS) is 16.7. The number of hydrogen-bond donors (Lipinski definition) is 2. The third-order valence-corrected chi connectivity index (χ3v) is 3.65. The lowest BCUT2D eigenvalue weighted by molar-refractivity contribution is -0.111. The Morgan fingerprint density at radius 2 is 2.45 bits per heavy atom. The van der Waals surface area contributed by atoms with E-state index >= 15 is 0 Å². The van der Waals surface area contributed by atoms with Gasteiger partial charge in [0.25, 0.3) is 5.91 Å². The SMILES string of the molecule is CC1(Cn2cc(C(=O)Nc3[nH]ncc3Br)nn2)COC1. The molecule has 9 heteroatoms. The van der Waals surface area contributed by atoms with Gasteiger partial charge in [0, 0.05) is 5.41 Å². The Morgan fingerprint density at radius 3 is 3.05 bits per heavy atom. The van der Waals surface area contributed by atoms with Crippen LogP contribution in [0, 0.1) is 5.41 Å². The van der Waals surface area contributed by atoms with Crippen LogP contribution in [-0.2, 0) is 11.3 Å². The first-order chi connectivity index (χ1) is 9.56. The number of ether oxygens (including phenoxy) is 1. The van der Waals surface area contributed by atoms with Crippen LogP contribution < -0.4 is 5.32 Å². The van der Waals surface area contributed by atoms with Crippen LogP contribution in [0.15, 0.2) is 16.9 Å². The molecule has 1 aliphatic rings. The van der Waals surface area contributed by atoms with E-state index in [-0.39, 0.29) is 17.0 Å². The molecule has 106 valence electrons. The summed E-state index contributed by atoms with van der Waals surface area (Å²) in [6, 6.07) is 0. The molecule has 2 aromatic heterocycles. The van der Waals surface area contributed by atoms with Crippen molar-refractivity contribution in [1.82, 2.24) is 25.2 Å². The zero-order valence-corrected chi connectivity index (χ0v) is 12.3. The van der Waals surface area contributed by atoms with Crippen molar-refractivity contribution in [2.75, 3.05) is 18.5 Å². The van der Waals surface area contributed by atoms with Crippen molar-refractivity contribution < 1.29 is 9.53 Å². The molecule has 3 heterocycles. The van der Waals surface area contributed by atoms with Gasteiger partial charge in [0.15, 0.2) is 5.69 Å². The molecule has 0 saturated carbocycles. The standard InChI is InChI=1S/C11H13BrN6O2/c1-11(5-20-6-11)4-18-3-8(15-17-18)10(19)14-9-7(12)2-13-16-9/h2-3H,4-6H2,1H3,(H2,13,14,16,19). The molecule has 0 aliphatic carbocycles. The molecule has 0 bridgehead atoms. The highest BCUT2D eigenvalue weighted by atomic mass is 79.9. The van der Waals surface area contributed by atoms with Crippen LogP contribution in [0.4, 0.5) is 5.82 Å². The highest BCUT2D eigenvalue weighted by Gasteiger charge is 2.34. The summed E-state index contributed by atoms with van der Waals surface area (Å²) in [5.41, 5.74) is 0.337. The molecule has 8 nitrogen and oxygen atoms in total. The Bertz CT molecular complexity index is 632. The van der Waals surface area contributed by atoms with Gasteiger partial charge in [-0.25, -0.2) is 0 Å². The monoisotopic (exact) mass is 340 g/mol. The third-order valence-electron chi connectivity index (χ3n) is 3.05. The van der Waals surface area contributed by atoms with Crippen molar-refractivity contribution in [3.05, 3.63) is 22.6 Å². The molecular weight excluding hydrogens is 328 g/mol. The summed E-state index contributed by atoms with van der Waals surface area (Å²) >= 11 is 3.27. The summed E-state index contributed by atoms with van der Waals surface area (Å²) in [5, 5.41) is 17.0. The summed E-state index contributed by atoms with van der Waals surface area (Å²) in [4.78, 5) is 12.0. The van der Waals surface area contributed by atoms with Crippen LogP contribution >= 0.6 is 15.9 Å². The molecule has 3 rings (SSSR count). The lowest BCUT2D eigenvalue weighted by Crippen LogP contribution is -2.43. The molecule has 0 radical (unpaired) electrons. The molecule has 0 atom stereocenters. The van der Waals surface area contributed by atoms with E-state index < -0.39 is 0 Å². The highest BCUT2D eigenvalue weighted by molar-refractivity contribution is 9.10.